The summed E-state index contributed by atoms with van der Waals surface area (Å²) in [7, 11) is 2.08. The molecule has 5 aliphatic rings. The Morgan fingerprint density at radius 1 is 1.28 bits per heavy atom. The molecule has 5 nitrogen and oxygen atoms in total. The Balaban J connectivity index is 1.33. The van der Waals surface area contributed by atoms with E-state index in [1.807, 2.05) is 12.1 Å². The van der Waals surface area contributed by atoms with Gasteiger partial charge in [-0.3, -0.25) is 9.78 Å². The lowest BCUT2D eigenvalue weighted by Crippen LogP contribution is -2.61. The highest BCUT2D eigenvalue weighted by Gasteiger charge is 2.69. The zero-order valence-electron chi connectivity index (χ0n) is 19.5. The fourth-order valence-corrected chi connectivity index (χ4v) is 8.31. The molecule has 1 amide bonds. The van der Waals surface area contributed by atoms with Gasteiger partial charge in [0.25, 0.3) is 5.91 Å². The second-order valence-electron chi connectivity index (χ2n) is 11.2. The van der Waals surface area contributed by atoms with Crippen LogP contribution in [-0.4, -0.2) is 35.2 Å². The Morgan fingerprint density at radius 2 is 2.16 bits per heavy atom. The Morgan fingerprint density at radius 3 is 2.94 bits per heavy atom. The number of carbonyl (C=O) groups is 1. The van der Waals surface area contributed by atoms with Crippen LogP contribution >= 0.6 is 0 Å². The molecule has 7 atom stereocenters. The van der Waals surface area contributed by atoms with E-state index >= 15 is 0 Å². The molecule has 2 spiro atoms. The first-order chi connectivity index (χ1) is 15.4. The highest BCUT2D eigenvalue weighted by Crippen LogP contribution is 2.69. The number of carbonyl (C=O) groups excluding carboxylic acids is 1. The summed E-state index contributed by atoms with van der Waals surface area (Å²) in [6.45, 7) is 4.71. The minimum atomic E-state index is -0.157. The third-order valence-corrected chi connectivity index (χ3v) is 9.64. The van der Waals surface area contributed by atoms with Crippen LogP contribution in [0, 0.1) is 23.2 Å². The van der Waals surface area contributed by atoms with Crippen molar-refractivity contribution in [3.63, 3.8) is 0 Å². The van der Waals surface area contributed by atoms with Gasteiger partial charge in [0.15, 0.2) is 0 Å². The fraction of sp³-hybridized carbons (Fsp3) is 0.630. The zero-order chi connectivity index (χ0) is 22.1. The van der Waals surface area contributed by atoms with E-state index < -0.39 is 0 Å². The van der Waals surface area contributed by atoms with Gasteiger partial charge in [-0.1, -0.05) is 26.0 Å². The standard InChI is InChI=1S/C27H35N3O2/c1-17-14-25(2)21(24(31)30-20-5-4-12-29-16-20)8-9-23(25)27-11-10-26(32-27)15-19(28-3)7-6-18(26)13-22(17)27/h4-5,8,12-13,16-17,19,22-23,28H,6-7,9-11,14-15H2,1-3H3,(H,30,31)/t17?,19?,22?,23-,25?,26-,27-/m1/s1. The summed E-state index contributed by atoms with van der Waals surface area (Å²) in [4.78, 5) is 17.5. The maximum Gasteiger partial charge on any atom is 0.251 e. The second-order valence-corrected chi connectivity index (χ2v) is 11.2. The van der Waals surface area contributed by atoms with Gasteiger partial charge in [0.1, 0.15) is 0 Å². The molecule has 3 aliphatic carbocycles. The lowest BCUT2D eigenvalue weighted by molar-refractivity contribution is -0.203. The molecule has 0 radical (unpaired) electrons. The maximum absolute atomic E-state index is 13.4. The highest BCUT2D eigenvalue weighted by atomic mass is 16.5. The molecule has 5 heteroatoms. The van der Waals surface area contributed by atoms with Gasteiger partial charge in [-0.15, -0.1) is 0 Å². The monoisotopic (exact) mass is 433 g/mol. The highest BCUT2D eigenvalue weighted by molar-refractivity contribution is 6.05. The quantitative estimate of drug-likeness (QED) is 0.683. The third kappa shape index (κ3) is 2.70. The van der Waals surface area contributed by atoms with E-state index in [2.05, 4.69) is 48.7 Å². The van der Waals surface area contributed by atoms with Gasteiger partial charge in [0.05, 0.1) is 23.1 Å². The van der Waals surface area contributed by atoms with E-state index in [4.69, 9.17) is 4.74 Å². The number of aromatic nitrogens is 1. The van der Waals surface area contributed by atoms with Crippen LogP contribution in [0.2, 0.25) is 0 Å². The average Bonchev–Trinajstić information content (AvgIpc) is 3.28. The average molecular weight is 434 g/mol. The third-order valence-electron chi connectivity index (χ3n) is 9.64. The normalized spacial score (nSPS) is 44.1. The summed E-state index contributed by atoms with van der Waals surface area (Å²) >= 11 is 0. The van der Waals surface area contributed by atoms with Gasteiger partial charge in [-0.25, -0.2) is 0 Å². The van der Waals surface area contributed by atoms with Gasteiger partial charge < -0.3 is 15.4 Å². The first-order valence-electron chi connectivity index (χ1n) is 12.4. The SMILES string of the molecule is CNC1CCC2=CC3C(C)CC4(C)C(C(=O)Nc5cccnc5)=CC[C@H]4[C@@]34CC[C@]2(C1)O4. The van der Waals surface area contributed by atoms with Crippen molar-refractivity contribution >= 4 is 11.6 Å². The minimum absolute atomic E-state index is 0.0257. The van der Waals surface area contributed by atoms with Crippen LogP contribution in [-0.2, 0) is 9.53 Å². The number of fused-ring (bicyclic) bond motifs is 1. The lowest BCUT2D eigenvalue weighted by atomic mass is 9.52. The van der Waals surface area contributed by atoms with Crippen LogP contribution in [0.3, 0.4) is 0 Å². The Labute approximate surface area is 191 Å². The number of amides is 1. The molecule has 2 saturated carbocycles. The van der Waals surface area contributed by atoms with Crippen LogP contribution in [0.1, 0.15) is 58.8 Å². The molecule has 1 aromatic rings. The van der Waals surface area contributed by atoms with Gasteiger partial charge in [-0.05, 0) is 75.6 Å². The fourth-order valence-electron chi connectivity index (χ4n) is 8.31. The lowest BCUT2D eigenvalue weighted by Gasteiger charge is -2.59. The first kappa shape index (κ1) is 20.6. The van der Waals surface area contributed by atoms with Crippen molar-refractivity contribution in [2.75, 3.05) is 12.4 Å². The largest absolute Gasteiger partial charge is 0.363 e. The summed E-state index contributed by atoms with van der Waals surface area (Å²) in [5, 5.41) is 6.61. The number of ether oxygens (including phenoxy) is 1. The van der Waals surface area contributed by atoms with Crippen LogP contribution in [0.5, 0.6) is 0 Å². The molecule has 6 rings (SSSR count). The number of anilines is 1. The molecular formula is C27H35N3O2. The van der Waals surface area contributed by atoms with E-state index in [0.29, 0.717) is 23.8 Å². The van der Waals surface area contributed by atoms with Crippen molar-refractivity contribution in [3.05, 3.63) is 47.8 Å². The molecule has 0 aromatic carbocycles. The van der Waals surface area contributed by atoms with Crippen molar-refractivity contribution < 1.29 is 9.53 Å². The molecule has 4 unspecified atom stereocenters. The van der Waals surface area contributed by atoms with Crippen LogP contribution in [0.25, 0.3) is 0 Å². The molecule has 1 aromatic heterocycles. The number of hydrogen-bond acceptors (Lipinski definition) is 4. The summed E-state index contributed by atoms with van der Waals surface area (Å²) in [5.74, 6) is 1.34. The van der Waals surface area contributed by atoms with Crippen LogP contribution in [0.15, 0.2) is 47.8 Å². The molecule has 3 fully saturated rings. The molecule has 2 bridgehead atoms. The van der Waals surface area contributed by atoms with E-state index in [-0.39, 0.29) is 22.5 Å². The zero-order valence-corrected chi connectivity index (χ0v) is 19.5. The van der Waals surface area contributed by atoms with Crippen molar-refractivity contribution in [2.24, 2.45) is 23.2 Å². The summed E-state index contributed by atoms with van der Waals surface area (Å²) in [6, 6.07) is 4.29. The Bertz CT molecular complexity index is 1000. The van der Waals surface area contributed by atoms with Crippen molar-refractivity contribution in [2.45, 2.75) is 76.0 Å². The van der Waals surface area contributed by atoms with E-state index in [9.17, 15) is 4.79 Å². The Kier molecular flexibility index (Phi) is 4.51. The summed E-state index contributed by atoms with van der Waals surface area (Å²) in [6.07, 6.45) is 16.0. The van der Waals surface area contributed by atoms with E-state index in [1.54, 1.807) is 18.0 Å². The molecule has 2 N–H and O–H groups in total. The van der Waals surface area contributed by atoms with Gasteiger partial charge in [0, 0.05) is 35.1 Å². The molecule has 170 valence electrons. The predicted molar refractivity (Wildman–Crippen MR) is 125 cm³/mol. The van der Waals surface area contributed by atoms with Gasteiger partial charge in [0.2, 0.25) is 0 Å². The summed E-state index contributed by atoms with van der Waals surface area (Å²) < 4.78 is 7.33. The van der Waals surface area contributed by atoms with E-state index in [1.165, 1.54) is 6.42 Å². The maximum atomic E-state index is 13.4. The van der Waals surface area contributed by atoms with Crippen molar-refractivity contribution in [1.29, 1.82) is 0 Å². The summed E-state index contributed by atoms with van der Waals surface area (Å²) in [5.41, 5.74) is 2.89. The molecular weight excluding hydrogens is 398 g/mol. The molecule has 32 heavy (non-hydrogen) atoms. The number of allylic oxidation sites excluding steroid dienone is 1. The number of rotatable bonds is 3. The van der Waals surface area contributed by atoms with Crippen LogP contribution in [0.4, 0.5) is 5.69 Å². The van der Waals surface area contributed by atoms with Crippen LogP contribution < -0.4 is 10.6 Å². The number of nitrogens with zero attached hydrogens (tertiary/aromatic N) is 1. The first-order valence-corrected chi connectivity index (χ1v) is 12.4. The minimum Gasteiger partial charge on any atom is -0.363 e. The van der Waals surface area contributed by atoms with Crippen molar-refractivity contribution in [3.8, 4) is 0 Å². The number of hydrogen-bond donors (Lipinski definition) is 2. The molecule has 2 aliphatic heterocycles. The molecule has 3 heterocycles. The number of nitrogens with one attached hydrogen (secondary N) is 2. The topological polar surface area (TPSA) is 63.2 Å². The number of pyridine rings is 1. The smallest absolute Gasteiger partial charge is 0.251 e. The van der Waals surface area contributed by atoms with Gasteiger partial charge in [-0.2, -0.15) is 0 Å². The Hall–Kier alpha value is -1.98. The van der Waals surface area contributed by atoms with Gasteiger partial charge >= 0.3 is 0 Å². The second kappa shape index (κ2) is 7.01. The molecule has 1 saturated heterocycles. The predicted octanol–water partition coefficient (Wildman–Crippen LogP) is 4.63. The van der Waals surface area contributed by atoms with Crippen molar-refractivity contribution in [1.82, 2.24) is 10.3 Å². The van der Waals surface area contributed by atoms with E-state index in [0.717, 1.165) is 49.8 Å².